The molecule has 0 radical (unpaired) electrons. The first-order valence-electron chi connectivity index (χ1n) is 8.61. The van der Waals surface area contributed by atoms with Crippen molar-refractivity contribution in [1.29, 1.82) is 0 Å². The van der Waals surface area contributed by atoms with Crippen molar-refractivity contribution in [2.24, 2.45) is 5.92 Å². The monoisotopic (exact) mass is 408 g/mol. The molecule has 6 nitrogen and oxygen atoms in total. The molecule has 144 valence electrons. The normalized spacial score (nSPS) is 19.3. The lowest BCUT2D eigenvalue weighted by Gasteiger charge is -2.28. The first-order valence-corrected chi connectivity index (χ1v) is 10.0. The lowest BCUT2D eigenvalue weighted by molar-refractivity contribution is -0.149. The molecule has 27 heavy (non-hydrogen) atoms. The average molecular weight is 409 g/mol. The summed E-state index contributed by atoms with van der Waals surface area (Å²) in [7, 11) is 0. The number of thioether (sulfide) groups is 1. The number of hydrogen-bond donors (Lipinski definition) is 1. The summed E-state index contributed by atoms with van der Waals surface area (Å²) in [6.07, 6.45) is 3.14. The number of urea groups is 1. The second-order valence-corrected chi connectivity index (χ2v) is 8.18. The predicted octanol–water partition coefficient (Wildman–Crippen LogP) is 4.78. The highest BCUT2D eigenvalue weighted by Gasteiger charge is 2.43. The molecule has 1 aromatic carbocycles. The zero-order valence-electron chi connectivity index (χ0n) is 15.1. The standard InChI is InChI=1S/C19H21ClN2O4S/c1-12(2)9-26-18(23)16-11-27-17(13-7-8-25-10-13)22(16)19(24)21-15-5-3-14(20)4-6-15/h3-8,10,12,16-17H,9,11H2,1-2H3,(H,21,24). The van der Waals surface area contributed by atoms with Gasteiger partial charge in [0, 0.05) is 22.0 Å². The molecular weight excluding hydrogens is 388 g/mol. The molecule has 1 saturated heterocycles. The van der Waals surface area contributed by atoms with Crippen molar-refractivity contribution < 1.29 is 18.7 Å². The quantitative estimate of drug-likeness (QED) is 0.721. The van der Waals surface area contributed by atoms with Gasteiger partial charge in [0.05, 0.1) is 19.1 Å². The van der Waals surface area contributed by atoms with Crippen LogP contribution in [-0.2, 0) is 9.53 Å². The molecule has 2 unspecified atom stereocenters. The van der Waals surface area contributed by atoms with Crippen LogP contribution in [0.3, 0.4) is 0 Å². The van der Waals surface area contributed by atoms with Gasteiger partial charge in [-0.25, -0.2) is 9.59 Å². The van der Waals surface area contributed by atoms with Crippen LogP contribution in [0.25, 0.3) is 0 Å². The molecule has 2 amide bonds. The zero-order chi connectivity index (χ0) is 19.4. The number of rotatable bonds is 5. The largest absolute Gasteiger partial charge is 0.472 e. The van der Waals surface area contributed by atoms with E-state index in [2.05, 4.69) is 5.32 Å². The summed E-state index contributed by atoms with van der Waals surface area (Å²) in [6.45, 7) is 4.26. The van der Waals surface area contributed by atoms with E-state index in [0.29, 0.717) is 23.1 Å². The number of ether oxygens (including phenoxy) is 1. The van der Waals surface area contributed by atoms with Crippen LogP contribution in [0.15, 0.2) is 47.3 Å². The molecule has 1 N–H and O–H groups in total. The second kappa shape index (κ2) is 8.71. The fraction of sp³-hybridized carbons (Fsp3) is 0.368. The molecule has 8 heteroatoms. The van der Waals surface area contributed by atoms with Crippen LogP contribution in [0.5, 0.6) is 0 Å². The van der Waals surface area contributed by atoms with Gasteiger partial charge in [0.15, 0.2) is 0 Å². The number of amides is 2. The number of carbonyl (C=O) groups excluding carboxylic acids is 2. The Balaban J connectivity index is 1.80. The number of halogens is 1. The molecule has 3 rings (SSSR count). The van der Waals surface area contributed by atoms with Gasteiger partial charge in [-0.15, -0.1) is 11.8 Å². The third-order valence-corrected chi connectivity index (χ3v) is 5.56. The van der Waals surface area contributed by atoms with E-state index in [1.54, 1.807) is 42.9 Å². The number of nitrogens with zero attached hydrogens (tertiary/aromatic N) is 1. The van der Waals surface area contributed by atoms with E-state index in [0.717, 1.165) is 5.56 Å². The van der Waals surface area contributed by atoms with Crippen LogP contribution >= 0.6 is 23.4 Å². The van der Waals surface area contributed by atoms with Gasteiger partial charge in [-0.05, 0) is 36.2 Å². The minimum absolute atomic E-state index is 0.226. The van der Waals surface area contributed by atoms with E-state index in [9.17, 15) is 9.59 Å². The van der Waals surface area contributed by atoms with Crippen molar-refractivity contribution >= 4 is 41.1 Å². The summed E-state index contributed by atoms with van der Waals surface area (Å²) in [5.74, 6) is 0.290. The van der Waals surface area contributed by atoms with Crippen LogP contribution < -0.4 is 5.32 Å². The van der Waals surface area contributed by atoms with E-state index in [1.165, 1.54) is 16.7 Å². The number of esters is 1. The van der Waals surface area contributed by atoms with Crippen molar-refractivity contribution in [3.8, 4) is 0 Å². The fourth-order valence-corrected chi connectivity index (χ4v) is 4.19. The van der Waals surface area contributed by atoms with Gasteiger partial charge in [-0.3, -0.25) is 4.90 Å². The molecule has 1 aromatic heterocycles. The topological polar surface area (TPSA) is 71.8 Å². The van der Waals surface area contributed by atoms with E-state index in [4.69, 9.17) is 20.8 Å². The van der Waals surface area contributed by atoms with Crippen LogP contribution in [0.1, 0.15) is 24.8 Å². The summed E-state index contributed by atoms with van der Waals surface area (Å²) in [5.41, 5.74) is 1.42. The van der Waals surface area contributed by atoms with Gasteiger partial charge in [-0.2, -0.15) is 0 Å². The highest BCUT2D eigenvalue weighted by molar-refractivity contribution is 7.99. The van der Waals surface area contributed by atoms with E-state index in [1.807, 2.05) is 13.8 Å². The Hall–Kier alpha value is -2.12. The van der Waals surface area contributed by atoms with Crippen LogP contribution in [-0.4, -0.2) is 35.3 Å². The number of carbonyl (C=O) groups is 2. The van der Waals surface area contributed by atoms with Crippen LogP contribution in [0, 0.1) is 5.92 Å². The summed E-state index contributed by atoms with van der Waals surface area (Å²) in [4.78, 5) is 27.1. The highest BCUT2D eigenvalue weighted by atomic mass is 35.5. The lowest BCUT2D eigenvalue weighted by atomic mass is 10.2. The maximum absolute atomic E-state index is 13.0. The van der Waals surface area contributed by atoms with E-state index in [-0.39, 0.29) is 17.3 Å². The Morgan fingerprint density at radius 2 is 2.07 bits per heavy atom. The SMILES string of the molecule is CC(C)COC(=O)C1CSC(c2ccoc2)N1C(=O)Nc1ccc(Cl)cc1. The van der Waals surface area contributed by atoms with Crippen molar-refractivity contribution in [1.82, 2.24) is 4.90 Å². The molecule has 0 saturated carbocycles. The van der Waals surface area contributed by atoms with Crippen LogP contribution in [0.4, 0.5) is 10.5 Å². The van der Waals surface area contributed by atoms with E-state index < -0.39 is 12.0 Å². The zero-order valence-corrected chi connectivity index (χ0v) is 16.6. The molecule has 2 aromatic rings. The van der Waals surface area contributed by atoms with Gasteiger partial charge in [0.1, 0.15) is 11.4 Å². The summed E-state index contributed by atoms with van der Waals surface area (Å²) in [5, 5.41) is 3.08. The Labute approximate surface area is 167 Å². The number of nitrogens with one attached hydrogen (secondary N) is 1. The van der Waals surface area contributed by atoms with Crippen molar-refractivity contribution in [2.45, 2.75) is 25.3 Å². The Bertz CT molecular complexity index is 780. The van der Waals surface area contributed by atoms with Gasteiger partial charge in [0.25, 0.3) is 0 Å². The minimum Gasteiger partial charge on any atom is -0.472 e. The molecule has 0 spiro atoms. The van der Waals surface area contributed by atoms with Crippen LogP contribution in [0.2, 0.25) is 5.02 Å². The third kappa shape index (κ3) is 4.78. The van der Waals surface area contributed by atoms with Gasteiger partial charge >= 0.3 is 12.0 Å². The van der Waals surface area contributed by atoms with E-state index >= 15 is 0 Å². The summed E-state index contributed by atoms with van der Waals surface area (Å²) in [6, 6.07) is 7.56. The first kappa shape index (κ1) is 19.6. The molecule has 1 aliphatic rings. The highest BCUT2D eigenvalue weighted by Crippen LogP contribution is 2.42. The lowest BCUT2D eigenvalue weighted by Crippen LogP contribution is -2.46. The van der Waals surface area contributed by atoms with Gasteiger partial charge in [0.2, 0.25) is 0 Å². The maximum Gasteiger partial charge on any atom is 0.329 e. The number of anilines is 1. The molecule has 0 aliphatic carbocycles. The minimum atomic E-state index is -0.666. The number of benzene rings is 1. The Morgan fingerprint density at radius 3 is 2.70 bits per heavy atom. The number of furan rings is 1. The molecule has 2 atom stereocenters. The summed E-state index contributed by atoms with van der Waals surface area (Å²) >= 11 is 7.40. The molecular formula is C19H21ClN2O4S. The summed E-state index contributed by atoms with van der Waals surface area (Å²) < 4.78 is 10.5. The van der Waals surface area contributed by atoms with Gasteiger partial charge in [-0.1, -0.05) is 25.4 Å². The van der Waals surface area contributed by atoms with Crippen molar-refractivity contribution in [3.05, 3.63) is 53.4 Å². The first-order chi connectivity index (χ1) is 13.0. The third-order valence-electron chi connectivity index (χ3n) is 3.99. The molecule has 2 heterocycles. The van der Waals surface area contributed by atoms with Crippen molar-refractivity contribution in [3.63, 3.8) is 0 Å². The predicted molar refractivity (Wildman–Crippen MR) is 106 cm³/mol. The average Bonchev–Trinajstić information content (AvgIpc) is 3.30. The maximum atomic E-state index is 13.0. The van der Waals surface area contributed by atoms with Gasteiger partial charge < -0.3 is 14.5 Å². The smallest absolute Gasteiger partial charge is 0.329 e. The fourth-order valence-electron chi connectivity index (χ4n) is 2.67. The Kier molecular flexibility index (Phi) is 6.34. The molecule has 0 bridgehead atoms. The second-order valence-electron chi connectivity index (χ2n) is 6.63. The molecule has 1 fully saturated rings. The Morgan fingerprint density at radius 1 is 1.33 bits per heavy atom. The molecule has 1 aliphatic heterocycles. The van der Waals surface area contributed by atoms with Crippen molar-refractivity contribution in [2.75, 3.05) is 17.7 Å². The number of hydrogen-bond acceptors (Lipinski definition) is 5.